The normalized spacial score (nSPS) is 13.9. The lowest BCUT2D eigenvalue weighted by molar-refractivity contribution is 0.166. The van der Waals surface area contributed by atoms with Crippen molar-refractivity contribution in [1.29, 1.82) is 5.26 Å². The highest BCUT2D eigenvalue weighted by molar-refractivity contribution is 9.10. The number of halogens is 2. The summed E-state index contributed by atoms with van der Waals surface area (Å²) in [6.45, 7) is 13.0. The number of nitrogens with one attached hydrogen (secondary N) is 1. The number of nitriles is 1. The van der Waals surface area contributed by atoms with Crippen LogP contribution in [-0.4, -0.2) is 24.6 Å². The molecule has 0 aliphatic rings. The van der Waals surface area contributed by atoms with Crippen LogP contribution in [0.25, 0.3) is 11.5 Å². The summed E-state index contributed by atoms with van der Waals surface area (Å²) in [6.07, 6.45) is -0.265. The average Bonchev–Trinajstić information content (AvgIpc) is 3.21. The molecule has 9 heteroatoms. The lowest BCUT2D eigenvalue weighted by Crippen LogP contribution is -2.45. The molecule has 0 saturated carbocycles. The van der Waals surface area contributed by atoms with Gasteiger partial charge in [-0.2, -0.15) is 5.26 Å². The molecule has 0 aliphatic carbocycles. The minimum absolute atomic E-state index is 0.0426. The lowest BCUT2D eigenvalue weighted by atomic mass is 10.1. The van der Waals surface area contributed by atoms with E-state index >= 15 is 0 Å². The molecule has 0 saturated heterocycles. The van der Waals surface area contributed by atoms with Gasteiger partial charge in [0.25, 0.3) is 0 Å². The second-order valence-corrected chi connectivity index (χ2v) is 15.5. The van der Waals surface area contributed by atoms with E-state index in [0.29, 0.717) is 22.4 Å². The topological polar surface area (TPSA) is 84.0 Å². The number of hydrogen-bond acceptors (Lipinski definition) is 6. The van der Waals surface area contributed by atoms with Gasteiger partial charge >= 0.3 is 0 Å². The molecule has 0 radical (unpaired) electrons. The van der Waals surface area contributed by atoms with Gasteiger partial charge in [-0.25, -0.2) is 0 Å². The standard InChI is InChI=1S/C24H28BrClN4O2Si/c1-15(32-33(5,6)24(2,3)4)21(28-19-12-9-17(14-27)20(26)13-19)23-30-29-22(31-23)16-7-10-18(25)11-8-16/h7-13,15,21,28H,1-6H3/t15-,21+/m0/s1. The van der Waals surface area contributed by atoms with E-state index in [2.05, 4.69) is 71.4 Å². The van der Waals surface area contributed by atoms with Crippen molar-refractivity contribution in [1.82, 2.24) is 10.2 Å². The van der Waals surface area contributed by atoms with E-state index in [-0.39, 0.29) is 11.1 Å². The summed E-state index contributed by atoms with van der Waals surface area (Å²) in [5.41, 5.74) is 1.98. The summed E-state index contributed by atoms with van der Waals surface area (Å²) in [5, 5.41) is 21.6. The molecule has 0 bridgehead atoms. The summed E-state index contributed by atoms with van der Waals surface area (Å²) in [4.78, 5) is 0. The molecule has 0 unspecified atom stereocenters. The first-order chi connectivity index (χ1) is 15.4. The summed E-state index contributed by atoms with van der Waals surface area (Å²) in [6, 6.07) is 14.6. The predicted octanol–water partition coefficient (Wildman–Crippen LogP) is 7.59. The second-order valence-electron chi connectivity index (χ2n) is 9.46. The molecule has 2 atom stereocenters. The Morgan fingerprint density at radius 1 is 1.15 bits per heavy atom. The maximum atomic E-state index is 9.18. The van der Waals surface area contributed by atoms with Gasteiger partial charge in [-0.15, -0.1) is 10.2 Å². The number of hydrogen-bond donors (Lipinski definition) is 1. The van der Waals surface area contributed by atoms with Crippen LogP contribution in [0.15, 0.2) is 51.4 Å². The van der Waals surface area contributed by atoms with E-state index in [1.165, 1.54) is 0 Å². The van der Waals surface area contributed by atoms with Crippen LogP contribution < -0.4 is 5.32 Å². The van der Waals surface area contributed by atoms with Crippen LogP contribution in [0.3, 0.4) is 0 Å². The summed E-state index contributed by atoms with van der Waals surface area (Å²) in [7, 11) is -2.07. The highest BCUT2D eigenvalue weighted by atomic mass is 79.9. The zero-order valence-corrected chi connectivity index (χ0v) is 23.0. The Hall–Kier alpha value is -2.18. The zero-order valence-electron chi connectivity index (χ0n) is 19.6. The smallest absolute Gasteiger partial charge is 0.247 e. The minimum atomic E-state index is -2.07. The SMILES string of the molecule is C[C@H](O[Si](C)(C)C(C)(C)C)[C@@H](Nc1ccc(C#N)c(Cl)c1)c1nnc(-c2ccc(Br)cc2)o1. The van der Waals surface area contributed by atoms with Crippen molar-refractivity contribution in [2.45, 2.75) is 58.0 Å². The number of aromatic nitrogens is 2. The number of rotatable bonds is 7. The van der Waals surface area contributed by atoms with Crippen molar-refractivity contribution in [2.75, 3.05) is 5.32 Å². The van der Waals surface area contributed by atoms with Crippen LogP contribution in [-0.2, 0) is 4.43 Å². The molecule has 33 heavy (non-hydrogen) atoms. The molecule has 0 aliphatic heterocycles. The van der Waals surface area contributed by atoms with E-state index < -0.39 is 14.4 Å². The maximum Gasteiger partial charge on any atom is 0.247 e. The Labute approximate surface area is 209 Å². The lowest BCUT2D eigenvalue weighted by Gasteiger charge is -2.40. The van der Waals surface area contributed by atoms with E-state index in [1.807, 2.05) is 37.3 Å². The Morgan fingerprint density at radius 3 is 2.39 bits per heavy atom. The Kier molecular flexibility index (Phi) is 7.69. The molecule has 6 nitrogen and oxygen atoms in total. The molecular formula is C24H28BrClN4O2Si. The first-order valence-electron chi connectivity index (χ1n) is 10.6. The molecule has 3 aromatic rings. The Bertz CT molecular complexity index is 1150. The number of benzene rings is 2. The molecule has 174 valence electrons. The molecule has 0 amide bonds. The van der Waals surface area contributed by atoms with Crippen LogP contribution in [0.4, 0.5) is 5.69 Å². The largest absolute Gasteiger partial charge is 0.418 e. The Balaban J connectivity index is 1.95. The van der Waals surface area contributed by atoms with Gasteiger partial charge in [-0.05, 0) is 67.5 Å². The molecule has 1 heterocycles. The van der Waals surface area contributed by atoms with E-state index in [0.717, 1.165) is 15.7 Å². The van der Waals surface area contributed by atoms with Crippen molar-refractivity contribution in [3.05, 3.63) is 63.4 Å². The summed E-state index contributed by atoms with van der Waals surface area (Å²) < 4.78 is 13.7. The molecule has 2 aromatic carbocycles. The van der Waals surface area contributed by atoms with Crippen LogP contribution in [0.1, 0.15) is 45.2 Å². The van der Waals surface area contributed by atoms with E-state index in [4.69, 9.17) is 20.4 Å². The molecule has 1 N–H and O–H groups in total. The summed E-state index contributed by atoms with van der Waals surface area (Å²) in [5.74, 6) is 0.848. The van der Waals surface area contributed by atoms with Gasteiger partial charge in [-0.1, -0.05) is 48.3 Å². The van der Waals surface area contributed by atoms with Crippen molar-refractivity contribution in [3.8, 4) is 17.5 Å². The Morgan fingerprint density at radius 2 is 1.82 bits per heavy atom. The van der Waals surface area contributed by atoms with Gasteiger partial charge in [0, 0.05) is 15.7 Å². The minimum Gasteiger partial charge on any atom is -0.418 e. The van der Waals surface area contributed by atoms with Crippen molar-refractivity contribution < 1.29 is 8.84 Å². The monoisotopic (exact) mass is 546 g/mol. The fourth-order valence-corrected chi connectivity index (χ4v) is 4.94. The highest BCUT2D eigenvalue weighted by Gasteiger charge is 2.41. The predicted molar refractivity (Wildman–Crippen MR) is 138 cm³/mol. The molecule has 0 fully saturated rings. The zero-order chi connectivity index (χ0) is 24.4. The van der Waals surface area contributed by atoms with Crippen molar-refractivity contribution in [2.24, 2.45) is 0 Å². The third-order valence-electron chi connectivity index (χ3n) is 5.97. The first kappa shape index (κ1) is 25.4. The van der Waals surface area contributed by atoms with Crippen LogP contribution in [0.2, 0.25) is 23.2 Å². The third kappa shape index (κ3) is 6.04. The average molecular weight is 548 g/mol. The molecule has 0 spiro atoms. The van der Waals surface area contributed by atoms with Gasteiger partial charge in [0.1, 0.15) is 12.1 Å². The third-order valence-corrected chi connectivity index (χ3v) is 11.4. The maximum absolute atomic E-state index is 9.18. The number of nitrogens with zero attached hydrogens (tertiary/aromatic N) is 3. The van der Waals surface area contributed by atoms with E-state index in [1.54, 1.807) is 12.1 Å². The molecular weight excluding hydrogens is 520 g/mol. The highest BCUT2D eigenvalue weighted by Crippen LogP contribution is 2.39. The fraction of sp³-hybridized carbons (Fsp3) is 0.375. The van der Waals surface area contributed by atoms with Crippen LogP contribution in [0, 0.1) is 11.3 Å². The van der Waals surface area contributed by atoms with Gasteiger partial charge in [-0.3, -0.25) is 0 Å². The molecule has 1 aromatic heterocycles. The molecule has 3 rings (SSSR count). The van der Waals surface area contributed by atoms with Gasteiger partial charge < -0.3 is 14.2 Å². The van der Waals surface area contributed by atoms with Crippen molar-refractivity contribution in [3.63, 3.8) is 0 Å². The fourth-order valence-electron chi connectivity index (χ4n) is 3.03. The second kappa shape index (κ2) is 9.98. The van der Waals surface area contributed by atoms with Crippen LogP contribution >= 0.6 is 27.5 Å². The van der Waals surface area contributed by atoms with Crippen LogP contribution in [0.5, 0.6) is 0 Å². The van der Waals surface area contributed by atoms with Gasteiger partial charge in [0.05, 0.1) is 16.7 Å². The number of anilines is 1. The first-order valence-corrected chi connectivity index (χ1v) is 14.7. The quantitative estimate of drug-likeness (QED) is 0.307. The summed E-state index contributed by atoms with van der Waals surface area (Å²) >= 11 is 9.70. The van der Waals surface area contributed by atoms with E-state index in [9.17, 15) is 5.26 Å². The van der Waals surface area contributed by atoms with Crippen molar-refractivity contribution >= 4 is 41.5 Å². The van der Waals surface area contributed by atoms with Gasteiger partial charge in [0.15, 0.2) is 8.32 Å². The van der Waals surface area contributed by atoms with Gasteiger partial charge in [0.2, 0.25) is 11.8 Å².